The highest BCUT2D eigenvalue weighted by Crippen LogP contribution is 2.50. The van der Waals surface area contributed by atoms with Crippen molar-refractivity contribution in [3.8, 4) is 0 Å². The van der Waals surface area contributed by atoms with Crippen molar-refractivity contribution in [2.45, 2.75) is 25.6 Å². The highest BCUT2D eigenvalue weighted by atomic mass is 16.5. The quantitative estimate of drug-likeness (QED) is 0.512. The zero-order valence-corrected chi connectivity index (χ0v) is 8.27. The van der Waals surface area contributed by atoms with E-state index in [2.05, 4.69) is 6.92 Å². The van der Waals surface area contributed by atoms with E-state index in [0.717, 1.165) is 6.42 Å². The molecule has 0 N–H and O–H groups in total. The van der Waals surface area contributed by atoms with Crippen LogP contribution in [0.15, 0.2) is 0 Å². The SMILES string of the molecule is CC1CC2OC1C1C(=O)N(C)C(=O)C21. The first kappa shape index (κ1) is 8.41. The van der Waals surface area contributed by atoms with Crippen molar-refractivity contribution < 1.29 is 14.3 Å². The van der Waals surface area contributed by atoms with Gasteiger partial charge in [-0.3, -0.25) is 14.5 Å². The summed E-state index contributed by atoms with van der Waals surface area (Å²) in [5.74, 6) is -0.0158. The summed E-state index contributed by atoms with van der Waals surface area (Å²) in [7, 11) is 1.58. The molecular weight excluding hydrogens is 182 g/mol. The number of ether oxygens (including phenoxy) is 1. The van der Waals surface area contributed by atoms with Crippen molar-refractivity contribution in [3.63, 3.8) is 0 Å². The Morgan fingerprint density at radius 1 is 1.29 bits per heavy atom. The molecule has 0 saturated carbocycles. The lowest BCUT2D eigenvalue weighted by Crippen LogP contribution is -2.34. The minimum absolute atomic E-state index is 0.00130. The summed E-state index contributed by atoms with van der Waals surface area (Å²) < 4.78 is 5.67. The average Bonchev–Trinajstić information content (AvgIpc) is 2.74. The number of rotatable bonds is 0. The summed E-state index contributed by atoms with van der Waals surface area (Å²) in [5, 5.41) is 0. The van der Waals surface area contributed by atoms with E-state index < -0.39 is 0 Å². The fourth-order valence-electron chi connectivity index (χ4n) is 3.16. The van der Waals surface area contributed by atoms with Gasteiger partial charge in [-0.2, -0.15) is 0 Å². The van der Waals surface area contributed by atoms with Crippen LogP contribution in [0, 0.1) is 17.8 Å². The molecule has 3 heterocycles. The second-order valence-corrected chi connectivity index (χ2v) is 4.64. The van der Waals surface area contributed by atoms with Gasteiger partial charge in [-0.15, -0.1) is 0 Å². The minimum atomic E-state index is -0.179. The Balaban J connectivity index is 2.01. The van der Waals surface area contributed by atoms with Gasteiger partial charge in [-0.25, -0.2) is 0 Å². The van der Waals surface area contributed by atoms with Crippen molar-refractivity contribution >= 4 is 11.8 Å². The maximum absolute atomic E-state index is 11.8. The molecule has 0 radical (unpaired) electrons. The van der Waals surface area contributed by atoms with Gasteiger partial charge in [0, 0.05) is 7.05 Å². The molecular formula is C10H13NO3. The van der Waals surface area contributed by atoms with Crippen LogP contribution in [-0.2, 0) is 14.3 Å². The zero-order valence-electron chi connectivity index (χ0n) is 8.27. The Morgan fingerprint density at radius 2 is 1.93 bits per heavy atom. The van der Waals surface area contributed by atoms with Crippen LogP contribution in [-0.4, -0.2) is 36.0 Å². The molecule has 5 unspecified atom stereocenters. The van der Waals surface area contributed by atoms with E-state index in [1.165, 1.54) is 4.90 Å². The van der Waals surface area contributed by atoms with Crippen molar-refractivity contribution in [1.82, 2.24) is 4.90 Å². The van der Waals surface area contributed by atoms with Crippen LogP contribution in [0.1, 0.15) is 13.3 Å². The van der Waals surface area contributed by atoms with Crippen LogP contribution >= 0.6 is 0 Å². The van der Waals surface area contributed by atoms with Crippen LogP contribution in [0.3, 0.4) is 0 Å². The molecule has 0 aliphatic carbocycles. The summed E-state index contributed by atoms with van der Waals surface area (Å²) in [5.41, 5.74) is 0. The topological polar surface area (TPSA) is 46.6 Å². The van der Waals surface area contributed by atoms with Crippen LogP contribution in [0.2, 0.25) is 0 Å². The Hall–Kier alpha value is -0.900. The van der Waals surface area contributed by atoms with E-state index in [4.69, 9.17) is 4.74 Å². The van der Waals surface area contributed by atoms with Gasteiger partial charge in [-0.05, 0) is 12.3 Å². The predicted molar refractivity (Wildman–Crippen MR) is 47.2 cm³/mol. The van der Waals surface area contributed by atoms with Gasteiger partial charge in [-0.1, -0.05) is 6.92 Å². The molecule has 14 heavy (non-hydrogen) atoms. The fourth-order valence-corrected chi connectivity index (χ4v) is 3.16. The maximum atomic E-state index is 11.8. The van der Waals surface area contributed by atoms with Crippen LogP contribution in [0.25, 0.3) is 0 Å². The summed E-state index contributed by atoms with van der Waals surface area (Å²) in [6.45, 7) is 2.09. The molecule has 0 aromatic carbocycles. The second-order valence-electron chi connectivity index (χ2n) is 4.64. The number of hydrogen-bond donors (Lipinski definition) is 0. The van der Waals surface area contributed by atoms with Gasteiger partial charge >= 0.3 is 0 Å². The number of carbonyl (C=O) groups excluding carboxylic acids is 2. The molecule has 3 aliphatic rings. The third-order valence-electron chi connectivity index (χ3n) is 3.87. The van der Waals surface area contributed by atoms with Gasteiger partial charge in [0.15, 0.2) is 0 Å². The smallest absolute Gasteiger partial charge is 0.235 e. The van der Waals surface area contributed by atoms with Gasteiger partial charge in [0.1, 0.15) is 0 Å². The Kier molecular flexibility index (Phi) is 1.42. The molecule has 5 atom stereocenters. The van der Waals surface area contributed by atoms with Gasteiger partial charge in [0.2, 0.25) is 11.8 Å². The molecule has 0 spiro atoms. The number of nitrogens with zero attached hydrogens (tertiary/aromatic N) is 1. The monoisotopic (exact) mass is 195 g/mol. The first-order chi connectivity index (χ1) is 6.61. The number of fused-ring (bicyclic) bond motifs is 5. The molecule has 3 rings (SSSR count). The zero-order chi connectivity index (χ0) is 10.0. The van der Waals surface area contributed by atoms with E-state index in [1.54, 1.807) is 7.05 Å². The number of likely N-dealkylation sites (tertiary alicyclic amines) is 1. The predicted octanol–water partition coefficient (Wildman–Crippen LogP) is 0.0246. The summed E-state index contributed by atoms with van der Waals surface area (Å²) in [6.07, 6.45) is 0.923. The van der Waals surface area contributed by atoms with E-state index in [0.29, 0.717) is 5.92 Å². The largest absolute Gasteiger partial charge is 0.373 e. The molecule has 4 heteroatoms. The molecule has 0 aromatic rings. The summed E-state index contributed by atoms with van der Waals surface area (Å²) >= 11 is 0. The van der Waals surface area contributed by atoms with E-state index in [-0.39, 0.29) is 35.9 Å². The lowest BCUT2D eigenvalue weighted by atomic mass is 9.76. The number of carbonyl (C=O) groups is 2. The van der Waals surface area contributed by atoms with Crippen LogP contribution < -0.4 is 0 Å². The third kappa shape index (κ3) is 0.741. The first-order valence-electron chi connectivity index (χ1n) is 5.08. The Labute approximate surface area is 82.2 Å². The van der Waals surface area contributed by atoms with Crippen molar-refractivity contribution in [1.29, 1.82) is 0 Å². The lowest BCUT2D eigenvalue weighted by molar-refractivity contribution is -0.140. The summed E-state index contributed by atoms with van der Waals surface area (Å²) in [6, 6.07) is 0. The number of hydrogen-bond acceptors (Lipinski definition) is 3. The van der Waals surface area contributed by atoms with Crippen molar-refractivity contribution in [3.05, 3.63) is 0 Å². The number of amides is 2. The van der Waals surface area contributed by atoms with Gasteiger partial charge < -0.3 is 4.74 Å². The normalized spacial score (nSPS) is 50.4. The lowest BCUT2D eigenvalue weighted by Gasteiger charge is -2.21. The molecule has 0 aromatic heterocycles. The average molecular weight is 195 g/mol. The van der Waals surface area contributed by atoms with Crippen molar-refractivity contribution in [2.24, 2.45) is 17.8 Å². The first-order valence-corrected chi connectivity index (χ1v) is 5.08. The maximum Gasteiger partial charge on any atom is 0.235 e. The highest BCUT2D eigenvalue weighted by molar-refractivity contribution is 6.06. The Morgan fingerprint density at radius 3 is 2.64 bits per heavy atom. The van der Waals surface area contributed by atoms with E-state index >= 15 is 0 Å². The van der Waals surface area contributed by atoms with E-state index in [9.17, 15) is 9.59 Å². The van der Waals surface area contributed by atoms with Gasteiger partial charge in [0.05, 0.1) is 24.0 Å². The molecule has 4 nitrogen and oxygen atoms in total. The van der Waals surface area contributed by atoms with Crippen LogP contribution in [0.4, 0.5) is 0 Å². The molecule has 2 amide bonds. The fraction of sp³-hybridized carbons (Fsp3) is 0.800. The molecule has 76 valence electrons. The molecule has 3 fully saturated rings. The third-order valence-corrected chi connectivity index (χ3v) is 3.87. The standard InChI is InChI=1S/C10H13NO3/c1-4-3-5-6-7(8(4)14-5)10(13)11(2)9(6)12/h4-8H,3H2,1-2H3. The molecule has 3 aliphatic heterocycles. The highest BCUT2D eigenvalue weighted by Gasteiger charge is 2.63. The Bertz CT molecular complexity index is 327. The second kappa shape index (κ2) is 2.37. The minimum Gasteiger partial charge on any atom is -0.373 e. The van der Waals surface area contributed by atoms with E-state index in [1.807, 2.05) is 0 Å². The van der Waals surface area contributed by atoms with Crippen LogP contribution in [0.5, 0.6) is 0 Å². The van der Waals surface area contributed by atoms with Gasteiger partial charge in [0.25, 0.3) is 0 Å². The van der Waals surface area contributed by atoms with Crippen molar-refractivity contribution in [2.75, 3.05) is 7.05 Å². The molecule has 3 saturated heterocycles. The summed E-state index contributed by atoms with van der Waals surface area (Å²) in [4.78, 5) is 24.8. The molecule has 2 bridgehead atoms. The number of imide groups is 1.